The molecule has 0 aliphatic heterocycles. The van der Waals surface area contributed by atoms with Gasteiger partial charge in [0.05, 0.1) is 0 Å². The average Bonchev–Trinajstić information content (AvgIpc) is 1.00. The molecule has 5 heavy (non-hydrogen) atoms. The third kappa shape index (κ3) is 25.2. The van der Waals surface area contributed by atoms with Crippen molar-refractivity contribution in [3.63, 3.8) is 0 Å². The van der Waals surface area contributed by atoms with Crippen LogP contribution in [0.4, 0.5) is 0 Å². The van der Waals surface area contributed by atoms with E-state index >= 15 is 0 Å². The van der Waals surface area contributed by atoms with Crippen LogP contribution in [0.15, 0.2) is 0 Å². The monoisotopic (exact) mass is 249 g/mol. The molecule has 0 bridgehead atoms. The first-order valence-electron chi connectivity index (χ1n) is 0.154. The Morgan fingerprint density at radius 1 is 1.20 bits per heavy atom. The second-order valence-electron chi connectivity index (χ2n) is 0. The van der Waals surface area contributed by atoms with Crippen molar-refractivity contribution in [2.75, 3.05) is 0 Å². The van der Waals surface area contributed by atoms with Crippen LogP contribution >= 0.6 is 0 Å². The van der Waals surface area contributed by atoms with E-state index in [1.807, 2.05) is 0 Å². The SMILES string of the molecule is [Co].[Cu].[Fe].[O]=[Mn]. The first-order valence-corrected chi connectivity index (χ1v) is 0.636. The van der Waals surface area contributed by atoms with Crippen LogP contribution < -0.4 is 0 Å². The van der Waals surface area contributed by atoms with Gasteiger partial charge in [0.1, 0.15) is 0 Å². The first kappa shape index (κ1) is 28.8. The minimum absolute atomic E-state index is 0. The van der Waals surface area contributed by atoms with Crippen molar-refractivity contribution in [1.82, 2.24) is 0 Å². The van der Waals surface area contributed by atoms with Gasteiger partial charge in [-0.15, -0.1) is 0 Å². The van der Waals surface area contributed by atoms with Crippen molar-refractivity contribution < 1.29 is 70.7 Å². The maximum absolute atomic E-state index is 8.06. The molecule has 0 fully saturated rings. The van der Waals surface area contributed by atoms with Gasteiger partial charge in [0.2, 0.25) is 0 Å². The molecule has 0 saturated heterocycles. The van der Waals surface area contributed by atoms with Gasteiger partial charge in [0.15, 0.2) is 0 Å². The molecular formula is CoCuFeMnO. The molecule has 0 amide bonds. The Morgan fingerprint density at radius 3 is 1.20 bits per heavy atom. The predicted molar refractivity (Wildman–Crippen MR) is 0.686 cm³/mol. The van der Waals surface area contributed by atoms with Gasteiger partial charge in [-0.05, 0) is 0 Å². The normalized spacial score (nSPS) is 0.800. The maximum atomic E-state index is 8.06. The number of hydrogen-bond donors (Lipinski definition) is 0. The van der Waals surface area contributed by atoms with Crippen molar-refractivity contribution in [2.45, 2.75) is 0 Å². The third-order valence-corrected chi connectivity index (χ3v) is 0. The summed E-state index contributed by atoms with van der Waals surface area (Å²) in [5, 5.41) is 0. The average molecular weight is 249 g/mol. The number of rotatable bonds is 0. The standard InChI is InChI=1S/Co.Cu.Fe.Mn.O. The molecule has 0 atom stereocenters. The van der Waals surface area contributed by atoms with Crippen LogP contribution in [0.2, 0.25) is 0 Å². The fourth-order valence-corrected chi connectivity index (χ4v) is 0. The summed E-state index contributed by atoms with van der Waals surface area (Å²) in [6, 6.07) is 0. The molecular weight excluding hydrogens is 249 g/mol. The van der Waals surface area contributed by atoms with Gasteiger partial charge in [0.25, 0.3) is 0 Å². The predicted octanol–water partition coefficient (Wildman–Crippen LogP) is -0.129. The van der Waals surface area contributed by atoms with Crippen LogP contribution in [0.1, 0.15) is 0 Å². The molecule has 0 aliphatic carbocycles. The molecule has 0 saturated carbocycles. The molecule has 0 aliphatic rings. The first-order chi connectivity index (χ1) is 1.00. The molecule has 0 spiro atoms. The zero-order valence-electron chi connectivity index (χ0n) is 1.77. The van der Waals surface area contributed by atoms with Crippen LogP contribution in [-0.4, -0.2) is 0 Å². The summed E-state index contributed by atoms with van der Waals surface area (Å²) >= 11 is 1.69. The second kappa shape index (κ2) is 39.9. The molecule has 0 aromatic rings. The summed E-state index contributed by atoms with van der Waals surface area (Å²) < 4.78 is 8.06. The summed E-state index contributed by atoms with van der Waals surface area (Å²) in [6.07, 6.45) is 0. The summed E-state index contributed by atoms with van der Waals surface area (Å²) in [5.41, 5.74) is 0. The Hall–Kier alpha value is 1.86. The minimum atomic E-state index is 0. The van der Waals surface area contributed by atoms with E-state index in [1.54, 1.807) is 15.9 Å². The van der Waals surface area contributed by atoms with E-state index in [4.69, 9.17) is 3.83 Å². The summed E-state index contributed by atoms with van der Waals surface area (Å²) in [4.78, 5) is 0. The van der Waals surface area contributed by atoms with E-state index in [2.05, 4.69) is 0 Å². The Balaban J connectivity index is -0.00000000167. The molecule has 0 N–H and O–H groups in total. The molecule has 1 nitrogen and oxygen atoms in total. The molecule has 41 valence electrons. The summed E-state index contributed by atoms with van der Waals surface area (Å²) in [6.45, 7) is 0. The van der Waals surface area contributed by atoms with Gasteiger partial charge >= 0.3 is 19.8 Å². The zero-order chi connectivity index (χ0) is 2.00. The molecule has 5 heteroatoms. The van der Waals surface area contributed by atoms with E-state index in [0.29, 0.717) is 0 Å². The Morgan fingerprint density at radius 2 is 1.20 bits per heavy atom. The van der Waals surface area contributed by atoms with Gasteiger partial charge in [-0.3, -0.25) is 0 Å². The Bertz CT molecular complexity index is 11.6. The quantitative estimate of drug-likeness (QED) is 0.547. The molecule has 0 rings (SSSR count). The second-order valence-corrected chi connectivity index (χ2v) is 0. The molecule has 0 heterocycles. The van der Waals surface area contributed by atoms with Crippen molar-refractivity contribution in [3.8, 4) is 0 Å². The Labute approximate surface area is 70.2 Å². The van der Waals surface area contributed by atoms with Crippen molar-refractivity contribution in [3.05, 3.63) is 0 Å². The zero-order valence-corrected chi connectivity index (χ0v) is 6.04. The molecule has 0 unspecified atom stereocenters. The van der Waals surface area contributed by atoms with E-state index in [1.165, 1.54) is 0 Å². The van der Waals surface area contributed by atoms with Crippen LogP contribution in [0, 0.1) is 0 Å². The molecule has 0 aromatic heterocycles. The summed E-state index contributed by atoms with van der Waals surface area (Å²) in [5.74, 6) is 0. The van der Waals surface area contributed by atoms with E-state index in [9.17, 15) is 0 Å². The topological polar surface area (TPSA) is 17.1 Å². The van der Waals surface area contributed by atoms with Gasteiger partial charge in [-0.1, -0.05) is 0 Å². The van der Waals surface area contributed by atoms with Gasteiger partial charge < -0.3 is 0 Å². The van der Waals surface area contributed by atoms with Crippen molar-refractivity contribution in [1.29, 1.82) is 0 Å². The fraction of sp³-hybridized carbons (Fsp3) is 0. The molecule has 2 radical (unpaired) electrons. The van der Waals surface area contributed by atoms with Crippen molar-refractivity contribution in [2.24, 2.45) is 0 Å². The fourth-order valence-electron chi connectivity index (χ4n) is 0. The van der Waals surface area contributed by atoms with Gasteiger partial charge in [-0.25, -0.2) is 0 Å². The van der Waals surface area contributed by atoms with Crippen LogP contribution in [-0.2, 0) is 70.7 Å². The third-order valence-electron chi connectivity index (χ3n) is 0. The van der Waals surface area contributed by atoms with E-state index in [-0.39, 0.29) is 50.9 Å². The van der Waals surface area contributed by atoms with E-state index < -0.39 is 0 Å². The van der Waals surface area contributed by atoms with E-state index in [0.717, 1.165) is 0 Å². The summed E-state index contributed by atoms with van der Waals surface area (Å²) in [7, 11) is 0. The molecule has 0 aromatic carbocycles. The van der Waals surface area contributed by atoms with Crippen LogP contribution in [0.5, 0.6) is 0 Å². The Kier molecular flexibility index (Phi) is 230. The number of hydrogen-bond acceptors (Lipinski definition) is 1. The van der Waals surface area contributed by atoms with Gasteiger partial charge in [0, 0.05) is 50.9 Å². The van der Waals surface area contributed by atoms with Crippen LogP contribution in [0.3, 0.4) is 0 Å². The van der Waals surface area contributed by atoms with Crippen molar-refractivity contribution >= 4 is 0 Å². The van der Waals surface area contributed by atoms with Crippen LogP contribution in [0.25, 0.3) is 0 Å². The van der Waals surface area contributed by atoms with Gasteiger partial charge in [-0.2, -0.15) is 0 Å².